The fourth-order valence-electron chi connectivity index (χ4n) is 3.45. The van der Waals surface area contributed by atoms with E-state index in [9.17, 15) is 18.5 Å². The lowest BCUT2D eigenvalue weighted by Gasteiger charge is -2.32. The van der Waals surface area contributed by atoms with Gasteiger partial charge in [-0.1, -0.05) is 5.16 Å². The Kier molecular flexibility index (Phi) is 4.37. The summed E-state index contributed by atoms with van der Waals surface area (Å²) in [5.41, 5.74) is 0.279. The zero-order chi connectivity index (χ0) is 19.2. The van der Waals surface area contributed by atoms with Crippen molar-refractivity contribution >= 4 is 21.2 Å². The topological polar surface area (TPSA) is 119 Å². The van der Waals surface area contributed by atoms with Crippen LogP contribution in [0.5, 0.6) is 0 Å². The molecule has 1 saturated heterocycles. The molecule has 1 aromatic heterocycles. The van der Waals surface area contributed by atoms with Crippen molar-refractivity contribution in [2.45, 2.75) is 42.4 Å². The van der Waals surface area contributed by atoms with Gasteiger partial charge in [-0.05, 0) is 37.8 Å². The summed E-state index contributed by atoms with van der Waals surface area (Å²) in [5, 5.41) is 15.2. The highest BCUT2D eigenvalue weighted by Gasteiger charge is 2.32. The molecule has 27 heavy (non-hydrogen) atoms. The van der Waals surface area contributed by atoms with Gasteiger partial charge in [-0.3, -0.25) is 10.1 Å². The van der Waals surface area contributed by atoms with Crippen molar-refractivity contribution in [1.82, 2.24) is 10.1 Å². The van der Waals surface area contributed by atoms with Gasteiger partial charge in [0.1, 0.15) is 4.90 Å². The lowest BCUT2D eigenvalue weighted by Crippen LogP contribution is -2.33. The van der Waals surface area contributed by atoms with Gasteiger partial charge < -0.3 is 9.42 Å². The molecule has 0 radical (unpaired) electrons. The first-order chi connectivity index (χ1) is 12.8. The van der Waals surface area contributed by atoms with Crippen LogP contribution in [0.2, 0.25) is 0 Å². The number of aromatic nitrogens is 2. The third-order valence-corrected chi connectivity index (χ3v) is 6.27. The van der Waals surface area contributed by atoms with Crippen LogP contribution in [-0.4, -0.2) is 42.8 Å². The number of rotatable bonds is 5. The fourth-order valence-corrected chi connectivity index (χ4v) is 4.31. The van der Waals surface area contributed by atoms with Crippen LogP contribution >= 0.6 is 0 Å². The van der Waals surface area contributed by atoms with Gasteiger partial charge >= 0.3 is 0 Å². The van der Waals surface area contributed by atoms with Crippen molar-refractivity contribution in [3.8, 4) is 0 Å². The smallest absolute Gasteiger partial charge is 0.288 e. The van der Waals surface area contributed by atoms with Crippen LogP contribution in [0, 0.1) is 10.1 Å². The largest absolute Gasteiger partial charge is 0.371 e. The van der Waals surface area contributed by atoms with E-state index in [1.807, 2.05) is 4.90 Å². The second-order valence-electron chi connectivity index (χ2n) is 7.21. The van der Waals surface area contributed by atoms with Crippen molar-refractivity contribution in [3.05, 3.63) is 40.0 Å². The number of anilines is 1. The molecule has 0 spiro atoms. The van der Waals surface area contributed by atoms with Crippen molar-refractivity contribution in [2.75, 3.05) is 24.2 Å². The Morgan fingerprint density at radius 2 is 1.89 bits per heavy atom. The average Bonchev–Trinajstić information content (AvgIpc) is 3.37. The van der Waals surface area contributed by atoms with Gasteiger partial charge in [0.05, 0.1) is 4.92 Å². The molecule has 144 valence electrons. The molecule has 2 aromatic rings. The van der Waals surface area contributed by atoms with Crippen LogP contribution < -0.4 is 4.90 Å². The summed E-state index contributed by atoms with van der Waals surface area (Å²) < 4.78 is 29.2. The van der Waals surface area contributed by atoms with E-state index in [-0.39, 0.29) is 10.8 Å². The quantitative estimate of drug-likeness (QED) is 0.562. The zero-order valence-corrected chi connectivity index (χ0v) is 15.7. The minimum Gasteiger partial charge on any atom is -0.371 e. The zero-order valence-electron chi connectivity index (χ0n) is 14.9. The first kappa shape index (κ1) is 17.9. The molecule has 2 fully saturated rings. The van der Waals surface area contributed by atoms with E-state index in [1.54, 1.807) is 6.07 Å². The van der Waals surface area contributed by atoms with Gasteiger partial charge in [-0.25, -0.2) is 8.42 Å². The second-order valence-corrected chi connectivity index (χ2v) is 9.19. The molecule has 0 N–H and O–H groups in total. The molecule has 9 nitrogen and oxygen atoms in total. The normalized spacial score (nSPS) is 18.6. The molecule has 1 saturated carbocycles. The number of nitro benzene ring substituents is 1. The summed E-state index contributed by atoms with van der Waals surface area (Å²) in [5.74, 6) is 2.13. The Labute approximate surface area is 156 Å². The van der Waals surface area contributed by atoms with E-state index < -0.39 is 20.4 Å². The van der Waals surface area contributed by atoms with Gasteiger partial charge in [-0.15, -0.1) is 0 Å². The van der Waals surface area contributed by atoms with Gasteiger partial charge in [0, 0.05) is 42.9 Å². The lowest BCUT2D eigenvalue weighted by molar-refractivity contribution is -0.387. The predicted octanol–water partition coefficient (Wildman–Crippen LogP) is 2.64. The minimum absolute atomic E-state index is 0.213. The molecule has 0 unspecified atom stereocenters. The lowest BCUT2D eigenvalue weighted by atomic mass is 9.96. The number of nitro groups is 1. The standard InChI is InChI=1S/C17H20N4O5S/c1-27(24,25)15-10-13(4-5-14(15)21(22)23)20-8-6-11(7-9-20)16-18-17(26-19-16)12-2-3-12/h4-5,10-12H,2-3,6-9H2,1H3. The highest BCUT2D eigenvalue weighted by molar-refractivity contribution is 7.90. The van der Waals surface area contributed by atoms with Crippen LogP contribution in [0.3, 0.4) is 0 Å². The van der Waals surface area contributed by atoms with E-state index in [1.165, 1.54) is 12.1 Å². The van der Waals surface area contributed by atoms with E-state index >= 15 is 0 Å². The first-order valence-electron chi connectivity index (χ1n) is 8.90. The maximum Gasteiger partial charge on any atom is 0.288 e. The van der Waals surface area contributed by atoms with E-state index in [0.29, 0.717) is 24.7 Å². The van der Waals surface area contributed by atoms with Crippen LogP contribution in [0.1, 0.15) is 49.2 Å². The molecule has 2 heterocycles. The summed E-state index contributed by atoms with van der Waals surface area (Å²) in [7, 11) is -3.69. The Bertz CT molecular complexity index is 975. The van der Waals surface area contributed by atoms with Crippen LogP contribution in [0.15, 0.2) is 27.6 Å². The molecule has 1 aliphatic heterocycles. The van der Waals surface area contributed by atoms with Crippen LogP contribution in [0.25, 0.3) is 0 Å². The van der Waals surface area contributed by atoms with Gasteiger partial charge in [-0.2, -0.15) is 4.98 Å². The van der Waals surface area contributed by atoms with Gasteiger partial charge in [0.15, 0.2) is 15.7 Å². The number of benzene rings is 1. The molecule has 2 aliphatic rings. The Balaban J connectivity index is 1.49. The number of piperidine rings is 1. The van der Waals surface area contributed by atoms with E-state index in [4.69, 9.17) is 4.52 Å². The van der Waals surface area contributed by atoms with Crippen molar-refractivity contribution < 1.29 is 17.9 Å². The number of hydrogen-bond donors (Lipinski definition) is 0. The third-order valence-electron chi connectivity index (χ3n) is 5.15. The maximum absolute atomic E-state index is 11.9. The molecule has 0 bridgehead atoms. The molecule has 0 amide bonds. The van der Waals surface area contributed by atoms with Crippen molar-refractivity contribution in [3.63, 3.8) is 0 Å². The summed E-state index contributed by atoms with van der Waals surface area (Å²) in [6.45, 7) is 1.39. The number of sulfone groups is 1. The summed E-state index contributed by atoms with van der Waals surface area (Å²) in [6, 6.07) is 4.26. The monoisotopic (exact) mass is 392 g/mol. The third kappa shape index (κ3) is 3.66. The SMILES string of the molecule is CS(=O)(=O)c1cc(N2CCC(c3noc(C4CC4)n3)CC2)ccc1[N+](=O)[O-]. The summed E-state index contributed by atoms with van der Waals surface area (Å²) >= 11 is 0. The Morgan fingerprint density at radius 1 is 1.19 bits per heavy atom. The second kappa shape index (κ2) is 6.59. The summed E-state index contributed by atoms with van der Waals surface area (Å²) in [4.78, 5) is 16.8. The Hall–Kier alpha value is -2.49. The average molecular weight is 392 g/mol. The van der Waals surface area contributed by atoms with E-state index in [0.717, 1.165) is 43.7 Å². The number of hydrogen-bond acceptors (Lipinski definition) is 8. The molecule has 10 heteroatoms. The molecule has 1 aromatic carbocycles. The predicted molar refractivity (Wildman–Crippen MR) is 96.7 cm³/mol. The molecule has 0 atom stereocenters. The molecule has 1 aliphatic carbocycles. The minimum atomic E-state index is -3.69. The first-order valence-corrected chi connectivity index (χ1v) is 10.8. The summed E-state index contributed by atoms with van der Waals surface area (Å²) in [6.07, 6.45) is 4.84. The molecular formula is C17H20N4O5S. The number of nitrogens with zero attached hydrogens (tertiary/aromatic N) is 4. The molecule has 4 rings (SSSR count). The fraction of sp³-hybridized carbons (Fsp3) is 0.529. The van der Waals surface area contributed by atoms with E-state index in [2.05, 4.69) is 10.1 Å². The van der Waals surface area contributed by atoms with Crippen molar-refractivity contribution in [1.29, 1.82) is 0 Å². The highest BCUT2D eigenvalue weighted by atomic mass is 32.2. The molecular weight excluding hydrogens is 372 g/mol. The van der Waals surface area contributed by atoms with Crippen LogP contribution in [0.4, 0.5) is 11.4 Å². The highest BCUT2D eigenvalue weighted by Crippen LogP contribution is 2.40. The Morgan fingerprint density at radius 3 is 2.48 bits per heavy atom. The van der Waals surface area contributed by atoms with Crippen LogP contribution in [-0.2, 0) is 9.84 Å². The maximum atomic E-state index is 11.9. The van der Waals surface area contributed by atoms with Gasteiger partial charge in [0.2, 0.25) is 5.89 Å². The van der Waals surface area contributed by atoms with Crippen molar-refractivity contribution in [2.24, 2.45) is 0 Å². The van der Waals surface area contributed by atoms with Gasteiger partial charge in [0.25, 0.3) is 5.69 Å².